The Labute approximate surface area is 587 Å². The smallest absolute Gasteiger partial charge is 0.408 e. The number of nitrogens with zero attached hydrogens (tertiary/aromatic N) is 3. The third kappa shape index (κ3) is 29.5. The minimum atomic E-state index is -1.59. The molecule has 0 aromatic carbocycles. The lowest BCUT2D eigenvalue weighted by Crippen LogP contribution is -2.57. The molecule has 4 saturated heterocycles. The normalized spacial score (nSPS) is 23.8. The van der Waals surface area contributed by atoms with Crippen LogP contribution in [0.2, 0.25) is 0 Å². The minimum Gasteiger partial charge on any atom is -0.481 e. The zero-order valence-corrected chi connectivity index (χ0v) is 58.9. The van der Waals surface area contributed by atoms with Crippen LogP contribution in [0.1, 0.15) is 134 Å². The molecule has 6 heterocycles. The Hall–Kier alpha value is -9.43. The molecule has 0 bridgehead atoms. The predicted octanol–water partition coefficient (Wildman–Crippen LogP) is -4.33. The molecular formula is C61H96N12O30. The first-order valence-electron chi connectivity index (χ1n) is 32.3. The van der Waals surface area contributed by atoms with Gasteiger partial charge in [-0.1, -0.05) is 6.92 Å². The van der Waals surface area contributed by atoms with Crippen molar-refractivity contribution in [3.8, 4) is 0 Å². The quantitative estimate of drug-likeness (QED) is 0.0330. The van der Waals surface area contributed by atoms with Crippen LogP contribution in [0.4, 0.5) is 19.2 Å². The van der Waals surface area contributed by atoms with Crippen LogP contribution in [0.3, 0.4) is 0 Å². The van der Waals surface area contributed by atoms with Crippen molar-refractivity contribution in [2.24, 2.45) is 5.92 Å². The number of aromatic amines is 2. The molecule has 0 radical (unpaired) electrons. The molecule has 4 aliphatic rings. The first kappa shape index (κ1) is 87.8. The number of ether oxygens (including phenoxy) is 7. The first-order valence-corrected chi connectivity index (χ1v) is 32.3. The Morgan fingerprint density at radius 1 is 0.573 bits per heavy atom. The van der Waals surface area contributed by atoms with Crippen molar-refractivity contribution in [3.05, 3.63) is 66.2 Å². The van der Waals surface area contributed by atoms with Gasteiger partial charge in [-0.05, 0) is 88.5 Å². The average Bonchev–Trinajstić information content (AvgIpc) is 1.68. The van der Waals surface area contributed by atoms with Crippen LogP contribution >= 0.6 is 0 Å². The van der Waals surface area contributed by atoms with E-state index in [2.05, 4.69) is 42.0 Å². The summed E-state index contributed by atoms with van der Waals surface area (Å²) in [4.78, 5) is 183. The van der Waals surface area contributed by atoms with Crippen LogP contribution in [-0.2, 0) is 66.7 Å². The van der Waals surface area contributed by atoms with Crippen LogP contribution in [0.25, 0.3) is 0 Å². The van der Waals surface area contributed by atoms with Crippen molar-refractivity contribution >= 4 is 65.8 Å². The van der Waals surface area contributed by atoms with Gasteiger partial charge in [0, 0.05) is 83.5 Å². The van der Waals surface area contributed by atoms with Crippen molar-refractivity contribution < 1.29 is 127 Å². The molecule has 0 spiro atoms. The second-order valence-corrected chi connectivity index (χ2v) is 26.5. The number of carbonyl (C=O) groups excluding carboxylic acids is 9. The lowest BCUT2D eigenvalue weighted by Gasteiger charge is -2.34. The average molecular weight is 1480 g/mol. The molecular weight excluding hydrogens is 1380 g/mol. The highest BCUT2D eigenvalue weighted by molar-refractivity contribution is 5.98. The maximum atomic E-state index is 13.2. The molecule has 580 valence electrons. The molecule has 6 rings (SSSR count). The number of urea groups is 1. The van der Waals surface area contributed by atoms with E-state index in [0.717, 1.165) is 40.8 Å². The SMILES string of the molecule is CC(C)(C)OC(=O)NC(CCC(=O)O)C(=O)NCC1OC(n2ccc(=O)[nH]c2=O)C(O)C1O.CC1CN(C2CC(O)C(CNC(=O)CCC(NC(=O)OC(C)(C)C)C(=O)NCC3OC(n4ccc(=O)[nH]c4=O)C(O)C3O)O2)C(=O)NC1=O.CCOC(=O)CCC(NC(=O)OC(C)(C)C)C(=O)O.CO. The number of hydrogen-bond donors (Lipinski definition) is 17. The van der Waals surface area contributed by atoms with Crippen molar-refractivity contribution in [1.29, 1.82) is 0 Å². The minimum absolute atomic E-state index is 0.0482. The number of aliphatic hydroxyl groups excluding tert-OH is 6. The standard InChI is InChI=1S/C29H43N7O13.C19H28N4O10.C12H21NO6.CH4O/c1-13-12-36(27(45)34-23(13)42)20-9-15(37)16(47-20)10-30-18(38)6-5-14(32-28(46)49-29(2,3)4)24(43)31-11-17-21(40)22(41)25(48-17)35-8-7-19(39)33-26(35)44;1-19(2,3)33-18(31)21-9(4-5-12(25)26)15(29)20-8-10-13(27)14(28)16(32-10)23-7-6-11(24)22-17(23)30;1-5-18-9(14)7-6-8(10(15)16)13-11(17)19-12(2,3)4;1-2/h7-8,13-17,20-22,25,37,40-41H,5-6,9-12H2,1-4H3,(H,30,38)(H,31,43)(H,32,46)(H,33,39,44)(H,34,42,45);6-7,9-10,13-14,16,27-28H,4-5,8H2,1-3H3,(H,20,29)(H,21,31)(H,25,26)(H,22,24,30);8H,5-7H2,1-4H3,(H,13,17)(H,15,16);2H,1H3. The van der Waals surface area contributed by atoms with Crippen molar-refractivity contribution in [2.75, 3.05) is 39.9 Å². The molecule has 103 heavy (non-hydrogen) atoms. The summed E-state index contributed by atoms with van der Waals surface area (Å²) in [5.74, 6) is -5.88. The molecule has 0 aliphatic carbocycles. The topological polar surface area (TPSA) is 611 Å². The molecule has 4 fully saturated rings. The Bertz CT molecular complexity index is 3490. The largest absolute Gasteiger partial charge is 0.481 e. The van der Waals surface area contributed by atoms with Gasteiger partial charge in [-0.15, -0.1) is 0 Å². The second kappa shape index (κ2) is 39.8. The van der Waals surface area contributed by atoms with Crippen LogP contribution in [-0.4, -0.2) is 261 Å². The maximum absolute atomic E-state index is 13.2. The van der Waals surface area contributed by atoms with Gasteiger partial charge in [-0.3, -0.25) is 67.7 Å². The zero-order chi connectivity index (χ0) is 78.2. The molecule has 42 heteroatoms. The third-order valence-corrected chi connectivity index (χ3v) is 14.6. The Balaban J connectivity index is 0.000000439. The van der Waals surface area contributed by atoms with Crippen LogP contribution < -0.4 is 59.7 Å². The van der Waals surface area contributed by atoms with E-state index in [4.69, 9.17) is 43.7 Å². The van der Waals surface area contributed by atoms with E-state index >= 15 is 0 Å². The molecule has 0 saturated carbocycles. The summed E-state index contributed by atoms with van der Waals surface area (Å²) in [5.41, 5.74) is -5.54. The summed E-state index contributed by atoms with van der Waals surface area (Å²) >= 11 is 0. The fourth-order valence-electron chi connectivity index (χ4n) is 9.75. The monoisotopic (exact) mass is 1480 g/mol. The number of carbonyl (C=O) groups is 11. The molecule has 17 N–H and O–H groups in total. The lowest BCUT2D eigenvalue weighted by molar-refractivity contribution is -0.144. The molecule has 15 atom stereocenters. The van der Waals surface area contributed by atoms with Crippen molar-refractivity contribution in [3.63, 3.8) is 0 Å². The Morgan fingerprint density at radius 3 is 1.38 bits per heavy atom. The number of aliphatic carboxylic acids is 2. The van der Waals surface area contributed by atoms with E-state index in [1.165, 1.54) is 4.90 Å². The Kier molecular flexibility index (Phi) is 34.0. The molecule has 9 amide bonds. The summed E-state index contributed by atoms with van der Waals surface area (Å²) in [6, 6.07) is -2.31. The number of nitrogens with one attached hydrogen (secondary N) is 9. The number of carboxylic acids is 2. The van der Waals surface area contributed by atoms with Crippen molar-refractivity contribution in [1.82, 2.24) is 61.2 Å². The second-order valence-electron chi connectivity index (χ2n) is 26.5. The van der Waals surface area contributed by atoms with Gasteiger partial charge in [0.2, 0.25) is 23.6 Å². The zero-order valence-electron chi connectivity index (χ0n) is 58.9. The highest BCUT2D eigenvalue weighted by atomic mass is 16.6. The van der Waals surface area contributed by atoms with Gasteiger partial charge in [-0.2, -0.15) is 0 Å². The maximum Gasteiger partial charge on any atom is 0.408 e. The van der Waals surface area contributed by atoms with Crippen LogP contribution in [0, 0.1) is 5.92 Å². The Morgan fingerprint density at radius 2 is 0.981 bits per heavy atom. The number of H-pyrrole nitrogens is 2. The van der Waals surface area contributed by atoms with E-state index in [-0.39, 0.29) is 71.3 Å². The van der Waals surface area contributed by atoms with Crippen LogP contribution in [0.15, 0.2) is 43.7 Å². The number of aliphatic hydroxyl groups is 6. The van der Waals surface area contributed by atoms with Gasteiger partial charge >= 0.3 is 53.6 Å². The fourth-order valence-corrected chi connectivity index (χ4v) is 9.75. The molecule has 4 aliphatic heterocycles. The van der Waals surface area contributed by atoms with Gasteiger partial charge in [0.25, 0.3) is 11.1 Å². The highest BCUT2D eigenvalue weighted by Gasteiger charge is 2.47. The fraction of sp³-hybridized carbons (Fsp3) is 0.689. The van der Waals surface area contributed by atoms with Gasteiger partial charge in [0.05, 0.1) is 18.6 Å². The van der Waals surface area contributed by atoms with Crippen LogP contribution in [0.5, 0.6) is 0 Å². The van der Waals surface area contributed by atoms with E-state index in [0.29, 0.717) is 0 Å². The van der Waals surface area contributed by atoms with Gasteiger partial charge in [0.1, 0.15) is 83.9 Å². The number of imide groups is 1. The highest BCUT2D eigenvalue weighted by Crippen LogP contribution is 2.30. The van der Waals surface area contributed by atoms with E-state index in [1.807, 2.05) is 9.97 Å². The summed E-state index contributed by atoms with van der Waals surface area (Å²) < 4.78 is 38.6. The summed E-state index contributed by atoms with van der Waals surface area (Å²) in [7, 11) is 1.00. The van der Waals surface area contributed by atoms with Gasteiger partial charge in [-0.25, -0.2) is 33.6 Å². The predicted molar refractivity (Wildman–Crippen MR) is 349 cm³/mol. The number of amides is 9. The number of carboxylic acid groups (broad SMARTS) is 2. The summed E-state index contributed by atoms with van der Waals surface area (Å²) in [6.45, 7) is 17.5. The molecule has 2 aromatic rings. The van der Waals surface area contributed by atoms with E-state index in [1.54, 1.807) is 76.2 Å². The number of esters is 1. The number of aromatic nitrogens is 4. The lowest BCUT2D eigenvalue weighted by atomic mass is 10.1. The molecule has 42 nitrogen and oxygen atoms in total. The third-order valence-electron chi connectivity index (χ3n) is 14.6. The van der Waals surface area contributed by atoms with E-state index in [9.17, 15) is 97.5 Å². The number of hydrogen-bond acceptors (Lipinski definition) is 28. The number of alkyl carbamates (subject to hydrolysis) is 3. The van der Waals surface area contributed by atoms with Gasteiger partial charge in [0.15, 0.2) is 12.5 Å². The molecule has 2 aromatic heterocycles. The van der Waals surface area contributed by atoms with Gasteiger partial charge < -0.3 is 106 Å². The summed E-state index contributed by atoms with van der Waals surface area (Å²) in [5, 5.41) is 93.5. The first-order chi connectivity index (χ1) is 47.9. The summed E-state index contributed by atoms with van der Waals surface area (Å²) in [6.07, 6.45) is -15.6. The van der Waals surface area contributed by atoms with E-state index < -0.39 is 203 Å². The number of rotatable bonds is 25. The van der Waals surface area contributed by atoms with Crippen molar-refractivity contribution in [2.45, 2.75) is 224 Å². The molecule has 15 unspecified atom stereocenters.